The second-order valence-electron chi connectivity index (χ2n) is 7.34. The highest BCUT2D eigenvalue weighted by atomic mass is 14.9. The van der Waals surface area contributed by atoms with Gasteiger partial charge in [0.15, 0.2) is 0 Å². The van der Waals surface area contributed by atoms with Crippen LogP contribution in [-0.2, 0) is 0 Å². The number of nitrogens with one attached hydrogen (secondary N) is 1. The minimum atomic E-state index is 0.834. The van der Waals surface area contributed by atoms with Crippen molar-refractivity contribution < 1.29 is 0 Å². The van der Waals surface area contributed by atoms with Crippen molar-refractivity contribution in [2.24, 2.45) is 0 Å². The van der Waals surface area contributed by atoms with E-state index >= 15 is 0 Å². The first-order valence-electron chi connectivity index (χ1n) is 10.1. The van der Waals surface area contributed by atoms with Crippen LogP contribution in [-0.4, -0.2) is 24.9 Å². The van der Waals surface area contributed by atoms with E-state index in [1.165, 1.54) is 0 Å². The van der Waals surface area contributed by atoms with E-state index in [2.05, 4.69) is 68.5 Å². The molecule has 0 aliphatic heterocycles. The molecule has 0 aliphatic rings. The van der Waals surface area contributed by atoms with Crippen molar-refractivity contribution in [3.63, 3.8) is 0 Å². The molecule has 0 bridgehead atoms. The van der Waals surface area contributed by atoms with E-state index in [4.69, 9.17) is 4.98 Å². The van der Waals surface area contributed by atoms with E-state index in [0.717, 1.165) is 55.4 Å². The molecule has 4 heterocycles. The van der Waals surface area contributed by atoms with Crippen LogP contribution in [0.3, 0.4) is 0 Å². The van der Waals surface area contributed by atoms with E-state index in [0.29, 0.717) is 0 Å². The summed E-state index contributed by atoms with van der Waals surface area (Å²) in [5, 5.41) is 2.03. The number of imidazole rings is 1. The SMILES string of the molecule is C(=C\c1ccc(-c2nc3c4cccnc4c4ncccc4c3[nH]2)cc1)/c1ccncc1. The summed E-state index contributed by atoms with van der Waals surface area (Å²) in [5.41, 5.74) is 6.95. The normalized spacial score (nSPS) is 11.7. The van der Waals surface area contributed by atoms with E-state index in [1.807, 2.05) is 24.3 Å². The first-order valence-corrected chi connectivity index (χ1v) is 10.1. The van der Waals surface area contributed by atoms with Crippen molar-refractivity contribution >= 4 is 45.0 Å². The van der Waals surface area contributed by atoms with Crippen LogP contribution in [0.2, 0.25) is 0 Å². The van der Waals surface area contributed by atoms with Crippen LogP contribution in [0.1, 0.15) is 11.1 Å². The molecule has 6 rings (SSSR count). The van der Waals surface area contributed by atoms with Crippen molar-refractivity contribution in [1.29, 1.82) is 0 Å². The standard InChI is InChI=1S/C26H17N5/c1-3-20-22(28-13-1)23-21(4-2-14-29-23)25-24(20)30-26(31-25)19-9-7-17(8-10-19)5-6-18-11-15-27-16-12-18/h1-16H,(H,30,31)/b6-5+. The van der Waals surface area contributed by atoms with Gasteiger partial charge in [-0.1, -0.05) is 36.4 Å². The molecule has 146 valence electrons. The number of pyridine rings is 3. The van der Waals surface area contributed by atoms with Crippen molar-refractivity contribution in [3.8, 4) is 11.4 Å². The van der Waals surface area contributed by atoms with Gasteiger partial charge >= 0.3 is 0 Å². The monoisotopic (exact) mass is 399 g/mol. The van der Waals surface area contributed by atoms with E-state index < -0.39 is 0 Å². The van der Waals surface area contributed by atoms with E-state index in [1.54, 1.807) is 24.8 Å². The number of rotatable bonds is 3. The summed E-state index contributed by atoms with van der Waals surface area (Å²) in [6, 6.07) is 20.3. The van der Waals surface area contributed by atoms with Crippen LogP contribution >= 0.6 is 0 Å². The van der Waals surface area contributed by atoms with Crippen molar-refractivity contribution in [2.75, 3.05) is 0 Å². The predicted octanol–water partition coefficient (Wildman–Crippen LogP) is 5.89. The van der Waals surface area contributed by atoms with Gasteiger partial charge in [-0.3, -0.25) is 15.0 Å². The zero-order chi connectivity index (χ0) is 20.6. The lowest BCUT2D eigenvalue weighted by molar-refractivity contribution is 1.32. The average Bonchev–Trinajstić information content (AvgIpc) is 3.30. The maximum absolute atomic E-state index is 4.94. The van der Waals surface area contributed by atoms with Gasteiger partial charge in [0.25, 0.3) is 0 Å². The largest absolute Gasteiger partial charge is 0.337 e. The molecule has 0 aliphatic carbocycles. The summed E-state index contributed by atoms with van der Waals surface area (Å²) in [7, 11) is 0. The van der Waals surface area contributed by atoms with Gasteiger partial charge in [-0.2, -0.15) is 0 Å². The third-order valence-electron chi connectivity index (χ3n) is 5.43. The molecule has 6 aromatic rings. The van der Waals surface area contributed by atoms with Crippen LogP contribution in [0.15, 0.2) is 85.5 Å². The van der Waals surface area contributed by atoms with Gasteiger partial charge in [-0.25, -0.2) is 4.98 Å². The molecule has 0 amide bonds. The zero-order valence-electron chi connectivity index (χ0n) is 16.5. The highest BCUT2D eigenvalue weighted by Crippen LogP contribution is 2.33. The average molecular weight is 399 g/mol. The third kappa shape index (κ3) is 3.04. The van der Waals surface area contributed by atoms with Gasteiger partial charge in [0.2, 0.25) is 0 Å². The highest BCUT2D eigenvalue weighted by Gasteiger charge is 2.14. The van der Waals surface area contributed by atoms with Crippen LogP contribution in [0.5, 0.6) is 0 Å². The summed E-state index contributed by atoms with van der Waals surface area (Å²) in [6.45, 7) is 0. The summed E-state index contributed by atoms with van der Waals surface area (Å²) in [4.78, 5) is 21.7. The number of benzene rings is 2. The Morgan fingerprint density at radius 2 is 1.26 bits per heavy atom. The minimum absolute atomic E-state index is 0.834. The Kier molecular flexibility index (Phi) is 4.03. The molecule has 0 atom stereocenters. The number of H-pyrrole nitrogens is 1. The lowest BCUT2D eigenvalue weighted by atomic mass is 10.1. The molecule has 31 heavy (non-hydrogen) atoms. The molecule has 0 saturated heterocycles. The summed E-state index contributed by atoms with van der Waals surface area (Å²) < 4.78 is 0. The van der Waals surface area contributed by atoms with E-state index in [9.17, 15) is 0 Å². The number of nitrogens with zero attached hydrogens (tertiary/aromatic N) is 4. The number of aromatic amines is 1. The predicted molar refractivity (Wildman–Crippen MR) is 125 cm³/mol. The molecule has 4 aromatic heterocycles. The lowest BCUT2D eigenvalue weighted by Gasteiger charge is -2.03. The Labute approximate surface area is 178 Å². The van der Waals surface area contributed by atoms with Crippen molar-refractivity contribution in [3.05, 3.63) is 96.6 Å². The van der Waals surface area contributed by atoms with Gasteiger partial charge < -0.3 is 4.98 Å². The Hall–Kier alpha value is -4.38. The fourth-order valence-corrected chi connectivity index (χ4v) is 3.90. The number of fused-ring (bicyclic) bond motifs is 6. The second kappa shape index (κ2) is 7.15. The van der Waals surface area contributed by atoms with E-state index in [-0.39, 0.29) is 0 Å². The minimum Gasteiger partial charge on any atom is -0.337 e. The van der Waals surface area contributed by atoms with Gasteiger partial charge in [-0.15, -0.1) is 0 Å². The van der Waals surface area contributed by atoms with Gasteiger partial charge in [-0.05, 0) is 47.5 Å². The fourth-order valence-electron chi connectivity index (χ4n) is 3.90. The Morgan fingerprint density at radius 3 is 2.00 bits per heavy atom. The maximum Gasteiger partial charge on any atom is 0.138 e. The Balaban J connectivity index is 1.44. The smallest absolute Gasteiger partial charge is 0.138 e. The van der Waals surface area contributed by atoms with Gasteiger partial charge in [0, 0.05) is 41.1 Å². The lowest BCUT2D eigenvalue weighted by Crippen LogP contribution is -1.86. The molecule has 2 aromatic carbocycles. The molecule has 0 unspecified atom stereocenters. The molecular weight excluding hydrogens is 382 g/mol. The zero-order valence-corrected chi connectivity index (χ0v) is 16.5. The topological polar surface area (TPSA) is 67.3 Å². The van der Waals surface area contributed by atoms with Gasteiger partial charge in [0.05, 0.1) is 22.1 Å². The molecule has 1 N–H and O–H groups in total. The highest BCUT2D eigenvalue weighted by molar-refractivity contribution is 6.21. The van der Waals surface area contributed by atoms with Crippen LogP contribution in [0, 0.1) is 0 Å². The molecule has 0 spiro atoms. The summed E-state index contributed by atoms with van der Waals surface area (Å²) in [6.07, 6.45) is 11.4. The first kappa shape index (κ1) is 17.5. The number of hydrogen-bond acceptors (Lipinski definition) is 4. The summed E-state index contributed by atoms with van der Waals surface area (Å²) >= 11 is 0. The molecule has 5 nitrogen and oxygen atoms in total. The van der Waals surface area contributed by atoms with Crippen molar-refractivity contribution in [1.82, 2.24) is 24.9 Å². The Morgan fingerprint density at radius 1 is 0.613 bits per heavy atom. The second-order valence-corrected chi connectivity index (χ2v) is 7.34. The quantitative estimate of drug-likeness (QED) is 0.377. The van der Waals surface area contributed by atoms with Crippen molar-refractivity contribution in [2.45, 2.75) is 0 Å². The molecule has 0 fully saturated rings. The molecule has 0 radical (unpaired) electrons. The van der Waals surface area contributed by atoms with Crippen LogP contribution in [0.4, 0.5) is 0 Å². The number of aromatic nitrogens is 5. The molecular formula is C26H17N5. The summed E-state index contributed by atoms with van der Waals surface area (Å²) in [5.74, 6) is 0.834. The number of hydrogen-bond donors (Lipinski definition) is 1. The van der Waals surface area contributed by atoms with Crippen LogP contribution in [0.25, 0.3) is 56.4 Å². The first-order chi connectivity index (χ1) is 15.4. The molecule has 0 saturated carbocycles. The molecule has 5 heteroatoms. The third-order valence-corrected chi connectivity index (χ3v) is 5.43. The van der Waals surface area contributed by atoms with Crippen LogP contribution < -0.4 is 0 Å². The van der Waals surface area contributed by atoms with Gasteiger partial charge in [0.1, 0.15) is 5.82 Å². The maximum atomic E-state index is 4.94. The Bertz CT molecular complexity index is 1490. The fraction of sp³-hybridized carbons (Fsp3) is 0.